The van der Waals surface area contributed by atoms with Gasteiger partial charge in [0.2, 0.25) is 15.9 Å². The van der Waals surface area contributed by atoms with Crippen molar-refractivity contribution in [3.8, 4) is 6.07 Å². The molecule has 0 aromatic heterocycles. The first kappa shape index (κ1) is 18.4. The molecule has 1 amide bonds. The summed E-state index contributed by atoms with van der Waals surface area (Å²) in [5, 5.41) is 8.77. The molecule has 2 rings (SSSR count). The highest BCUT2D eigenvalue weighted by Gasteiger charge is 2.26. The summed E-state index contributed by atoms with van der Waals surface area (Å²) >= 11 is 0. The summed E-state index contributed by atoms with van der Waals surface area (Å²) in [6.07, 6.45) is 1.75. The van der Waals surface area contributed by atoms with E-state index in [0.717, 1.165) is 0 Å². The van der Waals surface area contributed by atoms with Crippen LogP contribution in [-0.2, 0) is 14.8 Å². The number of hydrogen-bond acceptors (Lipinski definition) is 4. The number of likely N-dealkylation sites (tertiary alicyclic amines) is 1. The molecule has 0 aliphatic carbocycles. The summed E-state index contributed by atoms with van der Waals surface area (Å²) in [7, 11) is -3.60. The molecule has 1 fully saturated rings. The van der Waals surface area contributed by atoms with Crippen molar-refractivity contribution in [3.63, 3.8) is 0 Å². The Labute approximate surface area is 143 Å². The molecule has 0 saturated carbocycles. The monoisotopic (exact) mass is 349 g/mol. The van der Waals surface area contributed by atoms with Gasteiger partial charge in [0.05, 0.1) is 16.5 Å². The van der Waals surface area contributed by atoms with E-state index in [2.05, 4.69) is 4.72 Å². The van der Waals surface area contributed by atoms with Crippen molar-refractivity contribution in [1.29, 1.82) is 5.26 Å². The molecular weight excluding hydrogens is 326 g/mol. The van der Waals surface area contributed by atoms with Crippen LogP contribution in [-0.4, -0.2) is 38.4 Å². The van der Waals surface area contributed by atoms with Crippen LogP contribution in [0.3, 0.4) is 0 Å². The molecule has 1 saturated heterocycles. The third-order valence-corrected chi connectivity index (χ3v) is 5.58. The maximum Gasteiger partial charge on any atom is 0.240 e. The van der Waals surface area contributed by atoms with Gasteiger partial charge in [0, 0.05) is 25.6 Å². The minimum atomic E-state index is -3.60. The minimum absolute atomic E-state index is 0.137. The number of nitrogens with one attached hydrogen (secondary N) is 1. The molecule has 6 nitrogen and oxygen atoms in total. The van der Waals surface area contributed by atoms with Gasteiger partial charge in [0.25, 0.3) is 0 Å². The second kappa shape index (κ2) is 7.77. The van der Waals surface area contributed by atoms with E-state index in [1.807, 2.05) is 24.8 Å². The van der Waals surface area contributed by atoms with Gasteiger partial charge < -0.3 is 4.90 Å². The van der Waals surface area contributed by atoms with Gasteiger partial charge in [-0.3, -0.25) is 4.79 Å². The topological polar surface area (TPSA) is 90.3 Å². The van der Waals surface area contributed by atoms with E-state index in [1.54, 1.807) is 0 Å². The smallest absolute Gasteiger partial charge is 0.240 e. The van der Waals surface area contributed by atoms with Gasteiger partial charge in [-0.05, 0) is 43.0 Å². The highest BCUT2D eigenvalue weighted by Crippen LogP contribution is 2.17. The van der Waals surface area contributed by atoms with E-state index >= 15 is 0 Å². The number of hydrogen-bond donors (Lipinski definition) is 1. The first-order chi connectivity index (χ1) is 11.3. The predicted octanol–water partition coefficient (Wildman–Crippen LogP) is 1.87. The van der Waals surface area contributed by atoms with Crippen LogP contribution < -0.4 is 4.72 Å². The van der Waals surface area contributed by atoms with Gasteiger partial charge in [-0.15, -0.1) is 0 Å². The number of nitriles is 1. The molecule has 7 heteroatoms. The molecule has 1 N–H and O–H groups in total. The maximum absolute atomic E-state index is 12.4. The van der Waals surface area contributed by atoms with Crippen LogP contribution in [0, 0.1) is 17.2 Å². The van der Waals surface area contributed by atoms with Gasteiger partial charge in [0.1, 0.15) is 0 Å². The Morgan fingerprint density at radius 3 is 2.38 bits per heavy atom. The van der Waals surface area contributed by atoms with Gasteiger partial charge in [-0.1, -0.05) is 13.8 Å². The summed E-state index contributed by atoms with van der Waals surface area (Å²) in [5.41, 5.74) is 0.422. The van der Waals surface area contributed by atoms with Crippen molar-refractivity contribution in [2.45, 2.75) is 44.0 Å². The van der Waals surface area contributed by atoms with Crippen molar-refractivity contribution in [3.05, 3.63) is 29.8 Å². The number of rotatable bonds is 5. The quantitative estimate of drug-likeness (QED) is 0.879. The van der Waals surface area contributed by atoms with Crippen LogP contribution >= 0.6 is 0 Å². The fourth-order valence-corrected chi connectivity index (χ4v) is 4.03. The molecule has 24 heavy (non-hydrogen) atoms. The first-order valence-corrected chi connectivity index (χ1v) is 9.60. The average molecular weight is 349 g/mol. The Bertz CT molecular complexity index is 712. The summed E-state index contributed by atoms with van der Waals surface area (Å²) in [6.45, 7) is 5.17. The van der Waals surface area contributed by atoms with Gasteiger partial charge in [-0.2, -0.15) is 5.26 Å². The zero-order valence-corrected chi connectivity index (χ0v) is 14.8. The molecule has 0 atom stereocenters. The number of carbonyl (C=O) groups is 1. The number of nitrogens with zero attached hydrogens (tertiary/aromatic N) is 2. The van der Waals surface area contributed by atoms with Crippen LogP contribution in [0.25, 0.3) is 0 Å². The Morgan fingerprint density at radius 1 is 1.29 bits per heavy atom. The number of carbonyl (C=O) groups excluding carboxylic acids is 1. The number of benzene rings is 1. The second-order valence-electron chi connectivity index (χ2n) is 6.51. The van der Waals surface area contributed by atoms with Crippen molar-refractivity contribution in [2.24, 2.45) is 5.92 Å². The van der Waals surface area contributed by atoms with Crippen LogP contribution in [0.2, 0.25) is 0 Å². The van der Waals surface area contributed by atoms with Crippen LogP contribution in [0.15, 0.2) is 29.2 Å². The molecular formula is C17H23N3O3S. The molecule has 1 heterocycles. The molecule has 1 aliphatic heterocycles. The molecule has 0 unspecified atom stereocenters. The van der Waals surface area contributed by atoms with E-state index < -0.39 is 10.0 Å². The highest BCUT2D eigenvalue weighted by molar-refractivity contribution is 7.89. The third-order valence-electron chi connectivity index (χ3n) is 4.05. The lowest BCUT2D eigenvalue weighted by molar-refractivity contribution is -0.133. The molecule has 0 spiro atoms. The minimum Gasteiger partial charge on any atom is -0.343 e. The first-order valence-electron chi connectivity index (χ1n) is 8.12. The fraction of sp³-hybridized carbons (Fsp3) is 0.529. The average Bonchev–Trinajstić information content (AvgIpc) is 2.54. The molecule has 1 aromatic rings. The number of piperidine rings is 1. The van der Waals surface area contributed by atoms with E-state index in [-0.39, 0.29) is 16.8 Å². The number of sulfonamides is 1. The van der Waals surface area contributed by atoms with Crippen molar-refractivity contribution >= 4 is 15.9 Å². The largest absolute Gasteiger partial charge is 0.343 e. The van der Waals surface area contributed by atoms with E-state index in [4.69, 9.17) is 5.26 Å². The summed E-state index contributed by atoms with van der Waals surface area (Å²) in [5.74, 6) is 0.462. The van der Waals surface area contributed by atoms with Crippen LogP contribution in [0.4, 0.5) is 0 Å². The Hall–Kier alpha value is -1.91. The zero-order valence-electron chi connectivity index (χ0n) is 14.0. The fourth-order valence-electron chi connectivity index (χ4n) is 2.72. The Balaban J connectivity index is 1.93. The Morgan fingerprint density at radius 2 is 1.88 bits per heavy atom. The standard InChI is InChI=1S/C17H23N3O3S/c1-13(2)11-17(21)20-9-7-15(8-10-20)19-24(22,23)16-5-3-14(12-18)4-6-16/h3-6,13,15,19H,7-11H2,1-2H3. The van der Waals surface area contributed by atoms with Crippen molar-refractivity contribution in [2.75, 3.05) is 13.1 Å². The number of amides is 1. The Kier molecular flexibility index (Phi) is 5.97. The van der Waals surface area contributed by atoms with E-state index in [0.29, 0.717) is 43.8 Å². The second-order valence-corrected chi connectivity index (χ2v) is 8.22. The maximum atomic E-state index is 12.4. The van der Waals surface area contributed by atoms with Gasteiger partial charge in [0.15, 0.2) is 0 Å². The highest BCUT2D eigenvalue weighted by atomic mass is 32.2. The molecule has 1 aromatic carbocycles. The third kappa shape index (κ3) is 4.79. The molecule has 130 valence electrons. The van der Waals surface area contributed by atoms with E-state index in [1.165, 1.54) is 24.3 Å². The van der Waals surface area contributed by atoms with Crippen molar-refractivity contribution in [1.82, 2.24) is 9.62 Å². The molecule has 0 bridgehead atoms. The lowest BCUT2D eigenvalue weighted by Gasteiger charge is -2.32. The van der Waals surface area contributed by atoms with Gasteiger partial charge in [-0.25, -0.2) is 13.1 Å². The van der Waals surface area contributed by atoms with Gasteiger partial charge >= 0.3 is 0 Å². The van der Waals surface area contributed by atoms with Crippen molar-refractivity contribution < 1.29 is 13.2 Å². The summed E-state index contributed by atoms with van der Waals surface area (Å²) in [6, 6.07) is 7.63. The summed E-state index contributed by atoms with van der Waals surface area (Å²) < 4.78 is 27.5. The molecule has 1 aliphatic rings. The normalized spacial score (nSPS) is 16.2. The SMILES string of the molecule is CC(C)CC(=O)N1CCC(NS(=O)(=O)c2ccc(C#N)cc2)CC1. The predicted molar refractivity (Wildman–Crippen MR) is 90.5 cm³/mol. The lowest BCUT2D eigenvalue weighted by atomic mass is 10.0. The molecule has 0 radical (unpaired) electrons. The van der Waals surface area contributed by atoms with E-state index in [9.17, 15) is 13.2 Å². The zero-order chi connectivity index (χ0) is 17.7. The van der Waals surface area contributed by atoms with Crippen LogP contribution in [0.5, 0.6) is 0 Å². The van der Waals surface area contributed by atoms with Crippen LogP contribution in [0.1, 0.15) is 38.7 Å². The lowest BCUT2D eigenvalue weighted by Crippen LogP contribution is -2.46. The summed E-state index contributed by atoms with van der Waals surface area (Å²) in [4.78, 5) is 14.0.